The molecule has 1 atom stereocenters. The average molecular weight is 556 g/mol. The molecular formula is C27H30ClN5O6. The minimum atomic E-state index is -0.570. The lowest BCUT2D eigenvalue weighted by molar-refractivity contribution is -0.402. The highest BCUT2D eigenvalue weighted by molar-refractivity contribution is 5.96. The molecule has 0 aliphatic heterocycles. The molecule has 0 saturated carbocycles. The fourth-order valence-corrected chi connectivity index (χ4v) is 4.02. The van der Waals surface area contributed by atoms with Gasteiger partial charge in [-0.2, -0.15) is 0 Å². The predicted octanol–water partition coefficient (Wildman–Crippen LogP) is -0.530. The third-order valence-corrected chi connectivity index (χ3v) is 5.99. The van der Waals surface area contributed by atoms with Crippen LogP contribution in [0.5, 0.6) is 28.7 Å². The van der Waals surface area contributed by atoms with Gasteiger partial charge in [-0.3, -0.25) is 4.79 Å². The quantitative estimate of drug-likeness (QED) is 0.237. The maximum Gasteiger partial charge on any atom is 0.282 e. The Morgan fingerprint density at radius 2 is 1.59 bits per heavy atom. The minimum absolute atomic E-state index is 0. The van der Waals surface area contributed by atoms with Crippen molar-refractivity contribution in [2.24, 2.45) is 0 Å². The number of anilines is 1. The zero-order valence-electron chi connectivity index (χ0n) is 22.0. The van der Waals surface area contributed by atoms with E-state index in [1.165, 1.54) is 14.2 Å². The Bertz CT molecular complexity index is 1400. The zero-order valence-corrected chi connectivity index (χ0v) is 22.7. The first-order valence-corrected chi connectivity index (χ1v) is 11.7. The molecule has 0 bridgehead atoms. The number of nitrogens with one attached hydrogen (secondary N) is 1. The fraction of sp³-hybridized carbons (Fsp3) is 0.222. The third kappa shape index (κ3) is 6.33. The predicted molar refractivity (Wildman–Crippen MR) is 140 cm³/mol. The van der Waals surface area contributed by atoms with E-state index in [0.29, 0.717) is 46.5 Å². The summed E-state index contributed by atoms with van der Waals surface area (Å²) in [6.45, 7) is 0. The molecule has 4 rings (SSSR count). The van der Waals surface area contributed by atoms with Gasteiger partial charge in [0.05, 0.1) is 51.7 Å². The van der Waals surface area contributed by atoms with Crippen molar-refractivity contribution >= 4 is 11.6 Å². The van der Waals surface area contributed by atoms with E-state index in [1.807, 2.05) is 6.07 Å². The summed E-state index contributed by atoms with van der Waals surface area (Å²) in [6, 6.07) is 15.0. The molecule has 3 aromatic carbocycles. The van der Waals surface area contributed by atoms with Crippen molar-refractivity contribution < 1.29 is 47.0 Å². The number of rotatable bonds is 10. The van der Waals surface area contributed by atoms with Crippen molar-refractivity contribution in [3.05, 3.63) is 66.4 Å². The van der Waals surface area contributed by atoms with Crippen molar-refractivity contribution in [2.45, 2.75) is 12.5 Å². The normalized spacial score (nSPS) is 11.2. The van der Waals surface area contributed by atoms with Crippen LogP contribution in [0.2, 0.25) is 0 Å². The summed E-state index contributed by atoms with van der Waals surface area (Å²) in [7, 11) is 6.15. The van der Waals surface area contributed by atoms with Crippen molar-refractivity contribution in [1.29, 1.82) is 0 Å². The van der Waals surface area contributed by atoms with Gasteiger partial charge in [-0.05, 0) is 35.9 Å². The summed E-state index contributed by atoms with van der Waals surface area (Å²) in [5.74, 6) is 1.79. The van der Waals surface area contributed by atoms with Gasteiger partial charge in [0.25, 0.3) is 5.91 Å². The number of phenolic OH excluding ortho intramolecular Hbond substituents is 1. The molecule has 1 heterocycles. The number of benzene rings is 3. The topological polar surface area (TPSA) is 145 Å². The number of amides is 1. The number of hydrogen-bond acceptors (Lipinski definition) is 8. The van der Waals surface area contributed by atoms with E-state index < -0.39 is 6.04 Å². The van der Waals surface area contributed by atoms with Crippen molar-refractivity contribution in [3.63, 3.8) is 0 Å². The van der Waals surface area contributed by atoms with Gasteiger partial charge in [-0.25, -0.2) is 4.68 Å². The smallest absolute Gasteiger partial charge is 0.282 e. The molecule has 1 unspecified atom stereocenters. The molecule has 0 saturated heterocycles. The van der Waals surface area contributed by atoms with Gasteiger partial charge in [0.1, 0.15) is 11.5 Å². The second-order valence-electron chi connectivity index (χ2n) is 8.39. The van der Waals surface area contributed by atoms with Crippen LogP contribution in [0.1, 0.15) is 5.56 Å². The second-order valence-corrected chi connectivity index (χ2v) is 8.39. The highest BCUT2D eigenvalue weighted by Crippen LogP contribution is 2.40. The first-order valence-electron chi connectivity index (χ1n) is 11.7. The Morgan fingerprint density at radius 3 is 2.18 bits per heavy atom. The number of aromatic nitrogens is 3. The number of phenols is 1. The van der Waals surface area contributed by atoms with Crippen LogP contribution >= 0.6 is 0 Å². The van der Waals surface area contributed by atoms with Gasteiger partial charge >= 0.3 is 0 Å². The summed E-state index contributed by atoms with van der Waals surface area (Å²) >= 11 is 0. The molecule has 0 radical (unpaired) electrons. The van der Waals surface area contributed by atoms with Crippen LogP contribution < -0.4 is 42.4 Å². The summed E-state index contributed by atoms with van der Waals surface area (Å²) in [4.78, 5) is 13.0. The highest BCUT2D eigenvalue weighted by Gasteiger charge is 2.21. The van der Waals surface area contributed by atoms with E-state index >= 15 is 0 Å². The molecule has 1 aromatic heterocycles. The number of aromatic hydroxyl groups is 1. The number of halogens is 1. The Hall–Kier alpha value is -4.48. The van der Waals surface area contributed by atoms with E-state index in [2.05, 4.69) is 21.4 Å². The molecule has 0 fully saturated rings. The van der Waals surface area contributed by atoms with Crippen molar-refractivity contribution in [3.8, 4) is 45.7 Å². The van der Waals surface area contributed by atoms with E-state index in [1.54, 1.807) is 73.6 Å². The molecule has 12 heteroatoms. The maximum absolute atomic E-state index is 13.0. The Balaban J connectivity index is 0.00000420. The molecule has 4 aromatic rings. The van der Waals surface area contributed by atoms with Crippen LogP contribution in [0.15, 0.2) is 60.8 Å². The summed E-state index contributed by atoms with van der Waals surface area (Å²) in [5.41, 5.74) is 7.41. The Labute approximate surface area is 231 Å². The molecular weight excluding hydrogens is 526 g/mol. The van der Waals surface area contributed by atoms with Crippen LogP contribution in [0, 0.1) is 0 Å². The van der Waals surface area contributed by atoms with Crippen LogP contribution in [0.4, 0.5) is 5.69 Å². The number of quaternary nitrogens is 1. The Kier molecular flexibility index (Phi) is 9.58. The van der Waals surface area contributed by atoms with Crippen molar-refractivity contribution in [2.75, 3.05) is 33.8 Å². The summed E-state index contributed by atoms with van der Waals surface area (Å²) in [6.07, 6.45) is 2.03. The van der Waals surface area contributed by atoms with Gasteiger partial charge in [0, 0.05) is 24.1 Å². The molecule has 5 N–H and O–H groups in total. The SMILES string of the molecule is COc1ccc(-c2cnnn2-c2cc(OC)c(OC)c(OC)c2)cc1NC(=O)C([NH3+])Cc1ccc(O)cc1.[Cl-]. The summed E-state index contributed by atoms with van der Waals surface area (Å²) in [5, 5.41) is 20.8. The Morgan fingerprint density at radius 1 is 0.949 bits per heavy atom. The monoisotopic (exact) mass is 555 g/mol. The molecule has 11 nitrogen and oxygen atoms in total. The van der Waals surface area contributed by atoms with Gasteiger partial charge in [-0.15, -0.1) is 5.10 Å². The van der Waals surface area contributed by atoms with Gasteiger partial charge in [0.2, 0.25) is 5.75 Å². The molecule has 0 aliphatic carbocycles. The maximum atomic E-state index is 13.0. The van der Waals surface area contributed by atoms with Gasteiger partial charge < -0.3 is 47.5 Å². The fourth-order valence-electron chi connectivity index (χ4n) is 4.02. The standard InChI is InChI=1S/C27H29N5O6.ClH/c1-35-23-10-7-17(12-21(23)30-27(34)20(28)11-16-5-8-19(33)9-6-16)22-15-29-31-32(22)18-13-24(36-2)26(38-4)25(14-18)37-3;/h5-10,12-15,20,33H,11,28H2,1-4H3,(H,30,34);1H. The third-order valence-electron chi connectivity index (χ3n) is 5.99. The number of nitrogens with zero attached hydrogens (tertiary/aromatic N) is 3. The molecule has 39 heavy (non-hydrogen) atoms. The van der Waals surface area contributed by atoms with Gasteiger partial charge in [0.15, 0.2) is 17.5 Å². The van der Waals surface area contributed by atoms with Crippen LogP contribution in [0.25, 0.3) is 16.9 Å². The van der Waals surface area contributed by atoms with E-state index in [-0.39, 0.29) is 24.1 Å². The number of methoxy groups -OCH3 is 4. The van der Waals surface area contributed by atoms with E-state index in [9.17, 15) is 9.90 Å². The van der Waals surface area contributed by atoms with Gasteiger partial charge in [-0.1, -0.05) is 17.3 Å². The lowest BCUT2D eigenvalue weighted by Gasteiger charge is -2.16. The van der Waals surface area contributed by atoms with E-state index in [0.717, 1.165) is 11.1 Å². The van der Waals surface area contributed by atoms with E-state index in [4.69, 9.17) is 18.9 Å². The molecule has 206 valence electrons. The number of hydrogen-bond donors (Lipinski definition) is 3. The van der Waals surface area contributed by atoms with Crippen LogP contribution in [0.3, 0.4) is 0 Å². The lowest BCUT2D eigenvalue weighted by atomic mass is 10.1. The van der Waals surface area contributed by atoms with Crippen LogP contribution in [-0.4, -0.2) is 60.5 Å². The number of carbonyl (C=O) groups excluding carboxylic acids is 1. The lowest BCUT2D eigenvalue weighted by Crippen LogP contribution is -3.00. The average Bonchev–Trinajstić information content (AvgIpc) is 3.43. The number of ether oxygens (including phenoxy) is 4. The highest BCUT2D eigenvalue weighted by atomic mass is 35.5. The molecule has 0 aliphatic rings. The van der Waals surface area contributed by atoms with Crippen LogP contribution in [-0.2, 0) is 11.2 Å². The molecule has 0 spiro atoms. The summed E-state index contributed by atoms with van der Waals surface area (Å²) < 4.78 is 23.5. The van der Waals surface area contributed by atoms with Crippen molar-refractivity contribution in [1.82, 2.24) is 15.0 Å². The second kappa shape index (κ2) is 12.9. The number of carbonyl (C=O) groups is 1. The zero-order chi connectivity index (χ0) is 27.2. The first kappa shape index (κ1) is 29.1. The minimum Gasteiger partial charge on any atom is -1.00 e. The first-order chi connectivity index (χ1) is 18.4. The largest absolute Gasteiger partial charge is 1.00 e. The molecule has 1 amide bonds.